The molecule has 0 aliphatic rings. The summed E-state index contributed by atoms with van der Waals surface area (Å²) in [6.07, 6.45) is 6.56. The van der Waals surface area contributed by atoms with Crippen LogP contribution in [0.4, 0.5) is 5.69 Å². The van der Waals surface area contributed by atoms with Crippen molar-refractivity contribution in [1.29, 1.82) is 5.26 Å². The molecule has 0 radical (unpaired) electrons. The highest BCUT2D eigenvalue weighted by Gasteiger charge is 2.12. The van der Waals surface area contributed by atoms with E-state index in [0.717, 1.165) is 0 Å². The number of carboxylic acids is 1. The third kappa shape index (κ3) is 5.46. The van der Waals surface area contributed by atoms with Crippen LogP contribution in [0.2, 0.25) is 0 Å². The summed E-state index contributed by atoms with van der Waals surface area (Å²) in [6, 6.07) is 12.6. The first kappa shape index (κ1) is 19.8. The fourth-order valence-corrected chi connectivity index (χ4v) is 2.60. The minimum Gasteiger partial charge on any atom is -0.480 e. The van der Waals surface area contributed by atoms with Gasteiger partial charge in [-0.15, -0.1) is 6.42 Å². The Bertz CT molecular complexity index is 1000. The van der Waals surface area contributed by atoms with E-state index in [9.17, 15) is 14.9 Å². The Kier molecular flexibility index (Phi) is 6.76. The van der Waals surface area contributed by atoms with Gasteiger partial charge in [-0.3, -0.25) is 4.79 Å². The van der Waals surface area contributed by atoms with Gasteiger partial charge < -0.3 is 15.2 Å². The number of anilines is 1. The Balaban J connectivity index is 2.20. The highest BCUT2D eigenvalue weighted by molar-refractivity contribution is 9.10. The Labute approximate surface area is 164 Å². The molecule has 0 heterocycles. The highest BCUT2D eigenvalue weighted by Crippen LogP contribution is 2.27. The van der Waals surface area contributed by atoms with Crippen molar-refractivity contribution < 1.29 is 19.4 Å². The maximum absolute atomic E-state index is 12.3. The van der Waals surface area contributed by atoms with Crippen LogP contribution in [0.15, 0.2) is 52.5 Å². The van der Waals surface area contributed by atoms with Crippen LogP contribution in [0.1, 0.15) is 15.9 Å². The summed E-state index contributed by atoms with van der Waals surface area (Å²) in [4.78, 5) is 23.3. The number of nitriles is 1. The minimum absolute atomic E-state index is 0.0294. The normalized spacial score (nSPS) is 10.4. The van der Waals surface area contributed by atoms with Crippen LogP contribution >= 0.6 is 15.9 Å². The van der Waals surface area contributed by atoms with Crippen molar-refractivity contribution in [3.05, 3.63) is 63.6 Å². The van der Waals surface area contributed by atoms with Gasteiger partial charge in [-0.2, -0.15) is 5.26 Å². The number of rotatable bonds is 6. The monoisotopic (exact) mass is 424 g/mol. The Morgan fingerprint density at radius 2 is 2.07 bits per heavy atom. The van der Waals surface area contributed by atoms with Crippen molar-refractivity contribution in [3.63, 3.8) is 0 Å². The van der Waals surface area contributed by atoms with E-state index in [2.05, 4.69) is 27.2 Å². The van der Waals surface area contributed by atoms with Gasteiger partial charge in [-0.1, -0.05) is 18.1 Å². The highest BCUT2D eigenvalue weighted by atomic mass is 79.9. The molecule has 0 bridgehead atoms. The maximum Gasteiger partial charge on any atom is 0.335 e. The van der Waals surface area contributed by atoms with Crippen LogP contribution in [0.5, 0.6) is 5.75 Å². The topological polar surface area (TPSA) is 99.4 Å². The van der Waals surface area contributed by atoms with Gasteiger partial charge in [0.15, 0.2) is 0 Å². The predicted octanol–water partition coefficient (Wildman–Crippen LogP) is 3.70. The van der Waals surface area contributed by atoms with Gasteiger partial charge in [0, 0.05) is 5.69 Å². The van der Waals surface area contributed by atoms with Crippen LogP contribution in [0.3, 0.4) is 0 Å². The Hall–Kier alpha value is -3.55. The summed E-state index contributed by atoms with van der Waals surface area (Å²) in [5.41, 5.74) is 0.767. The van der Waals surface area contributed by atoms with Crippen LogP contribution < -0.4 is 10.1 Å². The van der Waals surface area contributed by atoms with Crippen LogP contribution in [0.25, 0.3) is 6.08 Å². The molecular formula is C20H13BrN2O4. The molecule has 2 rings (SSSR count). The zero-order valence-corrected chi connectivity index (χ0v) is 15.5. The third-order valence-electron chi connectivity index (χ3n) is 3.31. The zero-order chi connectivity index (χ0) is 19.8. The molecule has 0 unspecified atom stereocenters. The molecule has 0 aromatic heterocycles. The molecule has 0 aliphatic heterocycles. The number of halogens is 1. The second-order valence-electron chi connectivity index (χ2n) is 5.19. The number of nitrogens with one attached hydrogen (secondary N) is 1. The molecule has 2 aromatic rings. The van der Waals surface area contributed by atoms with Gasteiger partial charge in [0.05, 0.1) is 10.0 Å². The summed E-state index contributed by atoms with van der Waals surface area (Å²) < 4.78 is 5.96. The van der Waals surface area contributed by atoms with Crippen molar-refractivity contribution in [2.45, 2.75) is 0 Å². The summed E-state index contributed by atoms with van der Waals surface area (Å²) in [5.74, 6) is 1.14. The zero-order valence-electron chi connectivity index (χ0n) is 13.9. The number of carbonyl (C=O) groups is 2. The van der Waals surface area contributed by atoms with Crippen LogP contribution in [-0.4, -0.2) is 23.6 Å². The van der Waals surface area contributed by atoms with Gasteiger partial charge >= 0.3 is 5.97 Å². The fourth-order valence-electron chi connectivity index (χ4n) is 2.09. The van der Waals surface area contributed by atoms with E-state index in [0.29, 0.717) is 15.8 Å². The summed E-state index contributed by atoms with van der Waals surface area (Å²) >= 11 is 3.34. The van der Waals surface area contributed by atoms with E-state index >= 15 is 0 Å². The first-order valence-corrected chi connectivity index (χ1v) is 8.36. The number of carbonyl (C=O) groups excluding carboxylic acids is 1. The molecule has 0 spiro atoms. The molecule has 0 atom stereocenters. The molecule has 0 fully saturated rings. The van der Waals surface area contributed by atoms with Crippen LogP contribution in [-0.2, 0) is 4.79 Å². The SMILES string of the molecule is C#CCOc1ccc(/C=C(/C#N)C(=O)Nc2cccc(C(=O)O)c2)cc1Br. The summed E-state index contributed by atoms with van der Waals surface area (Å²) in [6.45, 7) is 0.120. The molecule has 2 N–H and O–H groups in total. The van der Waals surface area contributed by atoms with Gasteiger partial charge in [-0.05, 0) is 57.9 Å². The summed E-state index contributed by atoms with van der Waals surface area (Å²) in [7, 11) is 0. The smallest absolute Gasteiger partial charge is 0.335 e. The molecule has 134 valence electrons. The largest absolute Gasteiger partial charge is 0.480 e. The minimum atomic E-state index is -1.11. The number of terminal acetylenes is 1. The molecular weight excluding hydrogens is 412 g/mol. The number of hydrogen-bond acceptors (Lipinski definition) is 4. The van der Waals surface area contributed by atoms with Crippen molar-refractivity contribution in [2.24, 2.45) is 0 Å². The van der Waals surface area contributed by atoms with Gasteiger partial charge in [-0.25, -0.2) is 4.79 Å². The second-order valence-corrected chi connectivity index (χ2v) is 6.05. The lowest BCUT2D eigenvalue weighted by Crippen LogP contribution is -2.13. The van der Waals surface area contributed by atoms with Gasteiger partial charge in [0.1, 0.15) is 24.0 Å². The van der Waals surface area contributed by atoms with Crippen LogP contribution in [0, 0.1) is 23.7 Å². The number of nitrogens with zero attached hydrogens (tertiary/aromatic N) is 1. The lowest BCUT2D eigenvalue weighted by Gasteiger charge is -2.07. The quantitative estimate of drug-likeness (QED) is 0.418. The molecule has 7 heteroatoms. The lowest BCUT2D eigenvalue weighted by atomic mass is 10.1. The number of ether oxygens (including phenoxy) is 1. The Morgan fingerprint density at radius 3 is 2.70 bits per heavy atom. The lowest BCUT2D eigenvalue weighted by molar-refractivity contribution is -0.112. The van der Waals surface area contributed by atoms with E-state index in [1.165, 1.54) is 30.3 Å². The molecule has 27 heavy (non-hydrogen) atoms. The fraction of sp³-hybridized carbons (Fsp3) is 0.0500. The maximum atomic E-state index is 12.3. The number of benzene rings is 2. The van der Waals surface area contributed by atoms with Crippen molar-refractivity contribution in [2.75, 3.05) is 11.9 Å². The average Bonchev–Trinajstić information content (AvgIpc) is 2.65. The van der Waals surface area contributed by atoms with Gasteiger partial charge in [0.25, 0.3) is 5.91 Å². The standard InChI is InChI=1S/C20H13BrN2O4/c1-2-8-27-18-7-6-13(10-17(18)21)9-15(12-22)19(24)23-16-5-3-4-14(11-16)20(25)26/h1,3-7,9-11H,8H2,(H,23,24)(H,25,26)/b15-9-. The van der Waals surface area contributed by atoms with E-state index in [-0.39, 0.29) is 23.4 Å². The van der Waals surface area contributed by atoms with E-state index in [1.807, 2.05) is 6.07 Å². The van der Waals surface area contributed by atoms with Crippen molar-refractivity contribution in [1.82, 2.24) is 0 Å². The number of carboxylic acid groups (broad SMARTS) is 1. The number of aromatic carboxylic acids is 1. The first-order valence-electron chi connectivity index (χ1n) is 7.57. The first-order chi connectivity index (χ1) is 12.9. The molecule has 0 aliphatic carbocycles. The van der Waals surface area contributed by atoms with E-state index in [4.69, 9.17) is 16.3 Å². The Morgan fingerprint density at radius 1 is 1.30 bits per heavy atom. The van der Waals surface area contributed by atoms with E-state index in [1.54, 1.807) is 18.2 Å². The molecule has 0 saturated carbocycles. The van der Waals surface area contributed by atoms with Gasteiger partial charge in [0.2, 0.25) is 0 Å². The second kappa shape index (κ2) is 9.23. The number of hydrogen-bond donors (Lipinski definition) is 2. The average molecular weight is 425 g/mol. The molecule has 0 saturated heterocycles. The van der Waals surface area contributed by atoms with Crippen molar-refractivity contribution >= 4 is 39.6 Å². The molecule has 6 nitrogen and oxygen atoms in total. The predicted molar refractivity (Wildman–Crippen MR) is 104 cm³/mol. The molecule has 1 amide bonds. The molecule has 2 aromatic carbocycles. The van der Waals surface area contributed by atoms with E-state index < -0.39 is 11.9 Å². The third-order valence-corrected chi connectivity index (χ3v) is 3.93. The summed E-state index contributed by atoms with van der Waals surface area (Å²) in [5, 5.41) is 20.8. The van der Waals surface area contributed by atoms with Crippen molar-refractivity contribution in [3.8, 4) is 24.2 Å². The number of amides is 1.